The third-order valence-electron chi connectivity index (χ3n) is 0.109. The predicted octanol–water partition coefficient (Wildman–Crippen LogP) is 1.89. The Kier molecular flexibility index (Phi) is 30.4. The van der Waals surface area contributed by atoms with Crippen LogP contribution in [0.3, 0.4) is 0 Å². The van der Waals surface area contributed by atoms with Crippen molar-refractivity contribution in [1.29, 1.82) is 0 Å². The third-order valence-corrected chi connectivity index (χ3v) is 0.327. The fourth-order valence-corrected chi connectivity index (χ4v) is 0. The van der Waals surface area contributed by atoms with Crippen molar-refractivity contribution in [1.82, 2.24) is 0 Å². The van der Waals surface area contributed by atoms with E-state index in [1.165, 1.54) is 0 Å². The van der Waals surface area contributed by atoms with Gasteiger partial charge >= 0.3 is 0 Å². The number of hydrogen-bond donors (Lipinski definition) is 0. The Morgan fingerprint density at radius 3 is 2.00 bits per heavy atom. The topological polar surface area (TPSA) is 17.1 Å². The van der Waals surface area contributed by atoms with Crippen LogP contribution in [0.2, 0.25) is 0 Å². The summed E-state index contributed by atoms with van der Waals surface area (Å²) in [6.07, 6.45) is 1.64. The van der Waals surface area contributed by atoms with Gasteiger partial charge in [0.05, 0.1) is 0 Å². The molecule has 0 aromatic heterocycles. The summed E-state index contributed by atoms with van der Waals surface area (Å²) in [5.74, 6) is 0.556. The van der Waals surface area contributed by atoms with Crippen molar-refractivity contribution in [3.8, 4) is 0 Å². The lowest BCUT2D eigenvalue weighted by Crippen LogP contribution is -1.45. The van der Waals surface area contributed by atoms with Gasteiger partial charge in [-0.05, 0) is 0 Å². The summed E-state index contributed by atoms with van der Waals surface area (Å²) >= 11 is 5.07. The van der Waals surface area contributed by atoms with Crippen molar-refractivity contribution in [3.63, 3.8) is 0 Å². The molecule has 6 heavy (non-hydrogen) atoms. The van der Waals surface area contributed by atoms with E-state index in [0.29, 0.717) is 5.88 Å². The highest BCUT2D eigenvalue weighted by atomic mass is 35.5. The van der Waals surface area contributed by atoms with Gasteiger partial charge in [0.1, 0.15) is 9.12 Å². The van der Waals surface area contributed by atoms with Crippen LogP contribution in [-0.2, 0) is 4.57 Å². The van der Waals surface area contributed by atoms with Crippen LogP contribution in [0.5, 0.6) is 0 Å². The second kappa shape index (κ2) is 19.3. The Morgan fingerprint density at radius 2 is 2.00 bits per heavy atom. The Hall–Kier alpha value is 0.130. The van der Waals surface area contributed by atoms with Gasteiger partial charge in [0.25, 0.3) is 0 Å². The van der Waals surface area contributed by atoms with E-state index in [1.54, 1.807) is 15.2 Å². The van der Waals surface area contributed by atoms with Gasteiger partial charge in [-0.3, -0.25) is 4.57 Å². The predicted molar refractivity (Wildman–Crippen MR) is 29.9 cm³/mol. The van der Waals surface area contributed by atoms with Gasteiger partial charge in [-0.25, -0.2) is 0 Å². The molecular weight excluding hydrogens is 118 g/mol. The molecule has 0 aromatic rings. The lowest BCUT2D eigenvalue weighted by atomic mass is 10.8. The minimum absolute atomic E-state index is 0.556. The zero-order valence-corrected chi connectivity index (χ0v) is 5.03. The number of rotatable bonds is 1. The van der Waals surface area contributed by atoms with Crippen molar-refractivity contribution in [2.45, 2.75) is 0 Å². The molecule has 0 spiro atoms. The minimum Gasteiger partial charge on any atom is -0.279 e. The van der Waals surface area contributed by atoms with Gasteiger partial charge in [-0.1, -0.05) is 6.08 Å². The second-order valence-electron chi connectivity index (χ2n) is 0.443. The quantitative estimate of drug-likeness (QED) is 0.296. The van der Waals surface area contributed by atoms with E-state index in [0.717, 1.165) is 0 Å². The minimum atomic E-state index is 0.556. The molecule has 0 heterocycles. The van der Waals surface area contributed by atoms with Crippen LogP contribution in [0.15, 0.2) is 12.7 Å². The van der Waals surface area contributed by atoms with Gasteiger partial charge in [-0.15, -0.1) is 18.2 Å². The molecule has 0 fully saturated rings. The lowest BCUT2D eigenvalue weighted by molar-refractivity contribution is 0.607. The molecule has 0 saturated carbocycles. The molecule has 0 amide bonds. The molecule has 0 unspecified atom stereocenters. The summed E-state index contributed by atoms with van der Waals surface area (Å²) in [6, 6.07) is 0. The summed E-state index contributed by atoms with van der Waals surface area (Å²) in [7, 11) is 1.72. The van der Waals surface area contributed by atoms with E-state index in [-0.39, 0.29) is 0 Å². The standard InChI is InChI=1S/C3H5Cl.HOP/c1-2-3-4;1-2/h2H,1,3H2;2H. The smallest absolute Gasteiger partial charge is 0.138 e. The van der Waals surface area contributed by atoms with Gasteiger partial charge in [0, 0.05) is 5.88 Å². The summed E-state index contributed by atoms with van der Waals surface area (Å²) in [4.78, 5) is 0. The van der Waals surface area contributed by atoms with E-state index in [2.05, 4.69) is 6.58 Å². The average molecular weight is 125 g/mol. The molecule has 0 aliphatic heterocycles. The monoisotopic (exact) mass is 124 g/mol. The Morgan fingerprint density at radius 1 is 1.83 bits per heavy atom. The second-order valence-corrected chi connectivity index (χ2v) is 0.752. The zero-order valence-electron chi connectivity index (χ0n) is 3.28. The molecule has 0 rings (SSSR count). The van der Waals surface area contributed by atoms with Crippen LogP contribution in [0.25, 0.3) is 0 Å². The first-order valence-corrected chi connectivity index (χ1v) is 2.23. The summed E-state index contributed by atoms with van der Waals surface area (Å²) < 4.78 is 8.06. The van der Waals surface area contributed by atoms with Crippen molar-refractivity contribution in [2.75, 3.05) is 5.88 Å². The van der Waals surface area contributed by atoms with Crippen molar-refractivity contribution < 1.29 is 4.57 Å². The highest BCUT2D eigenvalue weighted by Crippen LogP contribution is 1.67. The SMILES string of the molecule is C=CCCl.O=P. The molecule has 0 aromatic carbocycles. The van der Waals surface area contributed by atoms with Crippen molar-refractivity contribution >= 4 is 20.7 Å². The van der Waals surface area contributed by atoms with E-state index in [9.17, 15) is 0 Å². The molecular formula is C3H6ClOP. The fourth-order valence-electron chi connectivity index (χ4n) is 0. The van der Waals surface area contributed by atoms with Gasteiger partial charge in [0.15, 0.2) is 0 Å². The average Bonchev–Trinajstić information content (AvgIpc) is 1.72. The number of alkyl halides is 1. The maximum absolute atomic E-state index is 8.06. The number of allylic oxidation sites excluding steroid dienone is 1. The van der Waals surface area contributed by atoms with E-state index in [1.807, 2.05) is 0 Å². The molecule has 1 nitrogen and oxygen atoms in total. The normalized spacial score (nSPS) is 4.83. The fraction of sp³-hybridized carbons (Fsp3) is 0.333. The van der Waals surface area contributed by atoms with Crippen LogP contribution < -0.4 is 0 Å². The van der Waals surface area contributed by atoms with Crippen LogP contribution in [0, 0.1) is 0 Å². The number of hydrogen-bond acceptors (Lipinski definition) is 1. The molecule has 0 radical (unpaired) electrons. The van der Waals surface area contributed by atoms with Crippen molar-refractivity contribution in [3.05, 3.63) is 12.7 Å². The zero-order chi connectivity index (χ0) is 5.41. The molecule has 0 saturated heterocycles. The van der Waals surface area contributed by atoms with E-state index < -0.39 is 0 Å². The van der Waals surface area contributed by atoms with Crippen molar-refractivity contribution in [2.24, 2.45) is 0 Å². The van der Waals surface area contributed by atoms with Gasteiger partial charge in [0.2, 0.25) is 0 Å². The van der Waals surface area contributed by atoms with Gasteiger partial charge in [-0.2, -0.15) is 0 Å². The first kappa shape index (κ1) is 9.46. The highest BCUT2D eigenvalue weighted by Gasteiger charge is 1.48. The van der Waals surface area contributed by atoms with E-state index >= 15 is 0 Å². The molecule has 0 bridgehead atoms. The third kappa shape index (κ3) is 31.7. The lowest BCUT2D eigenvalue weighted by Gasteiger charge is -1.55. The Balaban J connectivity index is 0. The van der Waals surface area contributed by atoms with E-state index in [4.69, 9.17) is 16.2 Å². The van der Waals surface area contributed by atoms with Crippen LogP contribution in [0.1, 0.15) is 0 Å². The van der Waals surface area contributed by atoms with Crippen LogP contribution in [-0.4, -0.2) is 5.88 Å². The maximum Gasteiger partial charge on any atom is 0.138 e. The largest absolute Gasteiger partial charge is 0.279 e. The van der Waals surface area contributed by atoms with Crippen LogP contribution >= 0.6 is 20.7 Å². The molecule has 0 N–H and O–H groups in total. The molecule has 0 aliphatic rings. The maximum atomic E-state index is 8.06. The Bertz CT molecular complexity index is 32.0. The Labute approximate surface area is 44.6 Å². The molecule has 0 atom stereocenters. The molecule has 3 heteroatoms. The molecule has 36 valence electrons. The first-order chi connectivity index (χ1) is 2.91. The summed E-state index contributed by atoms with van der Waals surface area (Å²) in [5.41, 5.74) is 0. The summed E-state index contributed by atoms with van der Waals surface area (Å²) in [6.45, 7) is 3.35. The molecule has 0 aliphatic carbocycles. The van der Waals surface area contributed by atoms with Crippen LogP contribution in [0.4, 0.5) is 0 Å². The number of halogens is 1. The highest BCUT2D eigenvalue weighted by molar-refractivity contribution is 7.00. The van der Waals surface area contributed by atoms with Gasteiger partial charge < -0.3 is 0 Å². The summed E-state index contributed by atoms with van der Waals surface area (Å²) in [5, 5.41) is 0. The first-order valence-electron chi connectivity index (χ1n) is 1.29.